The minimum absolute atomic E-state index is 0.602. The summed E-state index contributed by atoms with van der Waals surface area (Å²) in [5, 5.41) is 4.93. The molecule has 1 aliphatic heterocycles. The van der Waals surface area contributed by atoms with E-state index in [9.17, 15) is 0 Å². The summed E-state index contributed by atoms with van der Waals surface area (Å²) in [6.45, 7) is 6.91. The first-order valence-electron chi connectivity index (χ1n) is 7.43. The van der Waals surface area contributed by atoms with Crippen LogP contribution in [-0.2, 0) is 13.5 Å². The first-order chi connectivity index (χ1) is 9.15. The number of rotatable bonds is 3. The van der Waals surface area contributed by atoms with E-state index in [0.29, 0.717) is 5.92 Å². The van der Waals surface area contributed by atoms with Gasteiger partial charge in [-0.3, -0.25) is 0 Å². The van der Waals surface area contributed by atoms with Crippen LogP contribution in [0.3, 0.4) is 0 Å². The van der Waals surface area contributed by atoms with E-state index >= 15 is 0 Å². The summed E-state index contributed by atoms with van der Waals surface area (Å²) in [6, 6.07) is 6.95. The molecule has 0 radical (unpaired) electrons. The Morgan fingerprint density at radius 1 is 1.37 bits per heavy atom. The Hall–Kier alpha value is -1.28. The van der Waals surface area contributed by atoms with E-state index < -0.39 is 0 Å². The minimum Gasteiger partial charge on any atom is -0.350 e. The van der Waals surface area contributed by atoms with Crippen LogP contribution in [0.5, 0.6) is 0 Å². The van der Waals surface area contributed by atoms with Crippen molar-refractivity contribution in [2.24, 2.45) is 13.0 Å². The molecule has 1 atom stereocenters. The smallest absolute Gasteiger partial charge is 0.0480 e. The maximum absolute atomic E-state index is 3.47. The van der Waals surface area contributed by atoms with Crippen LogP contribution in [0.2, 0.25) is 0 Å². The van der Waals surface area contributed by atoms with Crippen molar-refractivity contribution in [3.05, 3.63) is 35.5 Å². The van der Waals surface area contributed by atoms with Gasteiger partial charge in [0.25, 0.3) is 0 Å². The molecule has 1 aromatic heterocycles. The monoisotopic (exact) mass is 256 g/mol. The summed E-state index contributed by atoms with van der Waals surface area (Å²) < 4.78 is 2.27. The molecule has 1 saturated heterocycles. The Balaban J connectivity index is 2.00. The molecule has 0 aliphatic carbocycles. The van der Waals surface area contributed by atoms with Gasteiger partial charge in [0.1, 0.15) is 0 Å². The number of fused-ring (bicyclic) bond motifs is 1. The molecule has 1 aromatic carbocycles. The molecule has 2 nitrogen and oxygen atoms in total. The Morgan fingerprint density at radius 2 is 2.21 bits per heavy atom. The number of hydrogen-bond acceptors (Lipinski definition) is 1. The van der Waals surface area contributed by atoms with Gasteiger partial charge < -0.3 is 9.88 Å². The SMILES string of the molecule is CC(C)c1ccc2c(c1)c(CC1CCNC1)cn2C. The van der Waals surface area contributed by atoms with E-state index in [1.54, 1.807) is 0 Å². The molecule has 2 heteroatoms. The molecule has 3 rings (SSSR count). The van der Waals surface area contributed by atoms with Crippen molar-refractivity contribution in [2.75, 3.05) is 13.1 Å². The van der Waals surface area contributed by atoms with Gasteiger partial charge >= 0.3 is 0 Å². The second kappa shape index (κ2) is 5.01. The van der Waals surface area contributed by atoms with Crippen molar-refractivity contribution in [1.29, 1.82) is 0 Å². The van der Waals surface area contributed by atoms with Crippen molar-refractivity contribution in [1.82, 2.24) is 9.88 Å². The lowest BCUT2D eigenvalue weighted by Gasteiger charge is -2.09. The first kappa shape index (κ1) is 12.7. The maximum atomic E-state index is 3.47. The van der Waals surface area contributed by atoms with E-state index in [2.05, 4.69) is 55.2 Å². The summed E-state index contributed by atoms with van der Waals surface area (Å²) in [5.41, 5.74) is 4.34. The molecule has 0 bridgehead atoms. The van der Waals surface area contributed by atoms with Crippen LogP contribution in [0, 0.1) is 5.92 Å². The minimum atomic E-state index is 0.602. The number of nitrogens with one attached hydrogen (secondary N) is 1. The standard InChI is InChI=1S/C17H24N2/c1-12(2)14-4-5-17-16(9-14)15(11-19(17)3)8-13-6-7-18-10-13/h4-5,9,11-13,18H,6-8,10H2,1-3H3. The molecular weight excluding hydrogens is 232 g/mol. The molecule has 1 N–H and O–H groups in total. The quantitative estimate of drug-likeness (QED) is 0.890. The molecule has 0 saturated carbocycles. The molecule has 19 heavy (non-hydrogen) atoms. The Kier molecular flexibility index (Phi) is 3.36. The number of aromatic nitrogens is 1. The number of aryl methyl sites for hydroxylation is 1. The van der Waals surface area contributed by atoms with Gasteiger partial charge in [-0.25, -0.2) is 0 Å². The second-order valence-corrected chi connectivity index (χ2v) is 6.26. The van der Waals surface area contributed by atoms with Gasteiger partial charge in [0, 0.05) is 24.1 Å². The Bertz CT molecular complexity index is 574. The fraction of sp³-hybridized carbons (Fsp3) is 0.529. The van der Waals surface area contributed by atoms with Crippen LogP contribution < -0.4 is 5.32 Å². The molecule has 2 heterocycles. The van der Waals surface area contributed by atoms with Gasteiger partial charge in [-0.1, -0.05) is 19.9 Å². The Morgan fingerprint density at radius 3 is 2.89 bits per heavy atom. The van der Waals surface area contributed by atoms with E-state index in [4.69, 9.17) is 0 Å². The van der Waals surface area contributed by atoms with Crippen LogP contribution in [0.15, 0.2) is 24.4 Å². The van der Waals surface area contributed by atoms with Gasteiger partial charge in [0.2, 0.25) is 0 Å². The highest BCUT2D eigenvalue weighted by molar-refractivity contribution is 5.84. The number of hydrogen-bond donors (Lipinski definition) is 1. The summed E-state index contributed by atoms with van der Waals surface area (Å²) in [4.78, 5) is 0. The fourth-order valence-corrected chi connectivity index (χ4v) is 3.21. The van der Waals surface area contributed by atoms with Crippen LogP contribution in [0.25, 0.3) is 10.9 Å². The predicted molar refractivity (Wildman–Crippen MR) is 81.7 cm³/mol. The number of benzene rings is 1. The third-order valence-electron chi connectivity index (χ3n) is 4.43. The second-order valence-electron chi connectivity index (χ2n) is 6.26. The third-order valence-corrected chi connectivity index (χ3v) is 4.43. The lowest BCUT2D eigenvalue weighted by atomic mass is 9.96. The molecule has 1 fully saturated rings. The van der Waals surface area contributed by atoms with E-state index in [1.807, 2.05) is 0 Å². The lowest BCUT2D eigenvalue weighted by molar-refractivity contribution is 0.581. The average Bonchev–Trinajstić information content (AvgIpc) is 2.99. The molecule has 0 amide bonds. The molecule has 1 unspecified atom stereocenters. The molecule has 0 spiro atoms. The molecule has 102 valence electrons. The van der Waals surface area contributed by atoms with Gasteiger partial charge in [-0.2, -0.15) is 0 Å². The van der Waals surface area contributed by atoms with Crippen molar-refractivity contribution in [2.45, 2.75) is 32.6 Å². The zero-order chi connectivity index (χ0) is 13.4. The number of nitrogens with zero attached hydrogens (tertiary/aromatic N) is 1. The summed E-state index contributed by atoms with van der Waals surface area (Å²) >= 11 is 0. The van der Waals surface area contributed by atoms with Crippen LogP contribution in [0.4, 0.5) is 0 Å². The van der Waals surface area contributed by atoms with Crippen molar-refractivity contribution >= 4 is 10.9 Å². The van der Waals surface area contributed by atoms with Crippen LogP contribution >= 0.6 is 0 Å². The predicted octanol–water partition coefficient (Wildman–Crippen LogP) is 3.45. The average molecular weight is 256 g/mol. The van der Waals surface area contributed by atoms with Gasteiger partial charge in [-0.15, -0.1) is 0 Å². The molecule has 2 aromatic rings. The zero-order valence-corrected chi connectivity index (χ0v) is 12.2. The lowest BCUT2D eigenvalue weighted by Crippen LogP contribution is -2.10. The van der Waals surface area contributed by atoms with Crippen molar-refractivity contribution < 1.29 is 0 Å². The largest absolute Gasteiger partial charge is 0.350 e. The van der Waals surface area contributed by atoms with E-state index in [1.165, 1.54) is 48.0 Å². The van der Waals surface area contributed by atoms with E-state index in [-0.39, 0.29) is 0 Å². The highest BCUT2D eigenvalue weighted by atomic mass is 14.9. The fourth-order valence-electron chi connectivity index (χ4n) is 3.21. The van der Waals surface area contributed by atoms with Crippen molar-refractivity contribution in [3.8, 4) is 0 Å². The summed E-state index contributed by atoms with van der Waals surface area (Å²) in [7, 11) is 2.16. The Labute approximate surface area is 115 Å². The summed E-state index contributed by atoms with van der Waals surface area (Å²) in [6.07, 6.45) is 4.86. The first-order valence-corrected chi connectivity index (χ1v) is 7.43. The highest BCUT2D eigenvalue weighted by Gasteiger charge is 2.17. The van der Waals surface area contributed by atoms with E-state index in [0.717, 1.165) is 5.92 Å². The topological polar surface area (TPSA) is 17.0 Å². The van der Waals surface area contributed by atoms with Gasteiger partial charge in [-0.05, 0) is 61.0 Å². The normalized spacial score (nSPS) is 19.7. The molecule has 1 aliphatic rings. The van der Waals surface area contributed by atoms with Crippen LogP contribution in [0.1, 0.15) is 37.3 Å². The zero-order valence-electron chi connectivity index (χ0n) is 12.2. The van der Waals surface area contributed by atoms with Crippen LogP contribution in [-0.4, -0.2) is 17.7 Å². The van der Waals surface area contributed by atoms with Crippen molar-refractivity contribution in [3.63, 3.8) is 0 Å². The third kappa shape index (κ3) is 2.42. The molecular formula is C17H24N2. The summed E-state index contributed by atoms with van der Waals surface area (Å²) in [5.74, 6) is 1.42. The van der Waals surface area contributed by atoms with Gasteiger partial charge in [0.15, 0.2) is 0 Å². The van der Waals surface area contributed by atoms with Gasteiger partial charge in [0.05, 0.1) is 0 Å². The maximum Gasteiger partial charge on any atom is 0.0480 e. The highest BCUT2D eigenvalue weighted by Crippen LogP contribution is 2.28.